The van der Waals surface area contributed by atoms with E-state index in [1.54, 1.807) is 6.07 Å². The van der Waals surface area contributed by atoms with Crippen LogP contribution in [0.3, 0.4) is 0 Å². The van der Waals surface area contributed by atoms with Gasteiger partial charge in [0, 0.05) is 31.1 Å². The van der Waals surface area contributed by atoms with Gasteiger partial charge in [-0.25, -0.2) is 8.42 Å². The highest BCUT2D eigenvalue weighted by molar-refractivity contribution is 7.90. The van der Waals surface area contributed by atoms with Crippen LogP contribution in [0.2, 0.25) is 0 Å². The Balaban J connectivity index is 2.46. The number of nitro benzene ring substituents is 1. The van der Waals surface area contributed by atoms with Crippen molar-refractivity contribution in [1.29, 1.82) is 0 Å². The predicted molar refractivity (Wildman–Crippen MR) is 72.2 cm³/mol. The summed E-state index contributed by atoms with van der Waals surface area (Å²) in [5.41, 5.74) is 0.337. The first-order valence-electron chi connectivity index (χ1n) is 6.02. The molecule has 0 saturated heterocycles. The van der Waals surface area contributed by atoms with Crippen LogP contribution >= 0.6 is 0 Å². The fourth-order valence-electron chi connectivity index (χ4n) is 2.15. The molecule has 7 heteroatoms. The van der Waals surface area contributed by atoms with E-state index in [0.717, 1.165) is 19.1 Å². The van der Waals surface area contributed by atoms with E-state index >= 15 is 0 Å². The fraction of sp³-hybridized carbons (Fsp3) is 0.500. The zero-order chi connectivity index (χ0) is 14.2. The summed E-state index contributed by atoms with van der Waals surface area (Å²) in [6, 6.07) is 4.66. The largest absolute Gasteiger partial charge is 0.372 e. The molecule has 6 nitrogen and oxygen atoms in total. The van der Waals surface area contributed by atoms with Crippen LogP contribution in [0.15, 0.2) is 23.1 Å². The number of rotatable bonds is 4. The number of benzene rings is 1. The summed E-state index contributed by atoms with van der Waals surface area (Å²) in [5, 5.41) is 10.9. The summed E-state index contributed by atoms with van der Waals surface area (Å²) in [6.07, 6.45) is 4.30. The van der Waals surface area contributed by atoms with E-state index in [2.05, 4.69) is 0 Å². The van der Waals surface area contributed by atoms with E-state index in [1.165, 1.54) is 18.6 Å². The summed E-state index contributed by atoms with van der Waals surface area (Å²) in [5.74, 6) is 0. The monoisotopic (exact) mass is 284 g/mol. The Morgan fingerprint density at radius 3 is 2.42 bits per heavy atom. The quantitative estimate of drug-likeness (QED) is 0.624. The minimum Gasteiger partial charge on any atom is -0.372 e. The minimum atomic E-state index is -3.62. The molecule has 1 fully saturated rings. The van der Waals surface area contributed by atoms with Crippen molar-refractivity contribution in [2.75, 3.05) is 18.2 Å². The van der Waals surface area contributed by atoms with Crippen molar-refractivity contribution in [3.63, 3.8) is 0 Å². The van der Waals surface area contributed by atoms with Crippen molar-refractivity contribution in [1.82, 2.24) is 0 Å². The Morgan fingerprint density at radius 1 is 1.37 bits per heavy atom. The second-order valence-corrected chi connectivity index (χ2v) is 6.86. The van der Waals surface area contributed by atoms with Crippen molar-refractivity contribution < 1.29 is 13.3 Å². The van der Waals surface area contributed by atoms with Crippen LogP contribution in [-0.4, -0.2) is 32.7 Å². The van der Waals surface area contributed by atoms with Crippen LogP contribution in [0.4, 0.5) is 11.4 Å². The van der Waals surface area contributed by atoms with Gasteiger partial charge in [0.2, 0.25) is 0 Å². The lowest BCUT2D eigenvalue weighted by atomic mass is 9.91. The first-order valence-corrected chi connectivity index (χ1v) is 7.91. The molecule has 0 radical (unpaired) electrons. The van der Waals surface area contributed by atoms with Crippen molar-refractivity contribution >= 4 is 21.2 Å². The van der Waals surface area contributed by atoms with Crippen LogP contribution in [0.1, 0.15) is 19.3 Å². The topological polar surface area (TPSA) is 80.5 Å². The molecule has 1 aliphatic carbocycles. The lowest BCUT2D eigenvalue weighted by Gasteiger charge is -2.36. The second kappa shape index (κ2) is 4.80. The number of nitrogens with zero attached hydrogens (tertiary/aromatic N) is 2. The van der Waals surface area contributed by atoms with Crippen molar-refractivity contribution in [3.05, 3.63) is 28.3 Å². The summed E-state index contributed by atoms with van der Waals surface area (Å²) in [7, 11) is -1.73. The lowest BCUT2D eigenvalue weighted by Crippen LogP contribution is -2.37. The summed E-state index contributed by atoms with van der Waals surface area (Å²) < 4.78 is 23.3. The number of hydrogen-bond donors (Lipinski definition) is 0. The third kappa shape index (κ3) is 2.70. The van der Waals surface area contributed by atoms with Crippen molar-refractivity contribution in [2.45, 2.75) is 30.2 Å². The number of anilines is 1. The number of hydrogen-bond acceptors (Lipinski definition) is 5. The average molecular weight is 284 g/mol. The van der Waals surface area contributed by atoms with Gasteiger partial charge in [-0.3, -0.25) is 10.1 Å². The van der Waals surface area contributed by atoms with Gasteiger partial charge in [-0.05, 0) is 31.4 Å². The Morgan fingerprint density at radius 2 is 2.00 bits per heavy atom. The van der Waals surface area contributed by atoms with E-state index in [9.17, 15) is 18.5 Å². The average Bonchev–Trinajstić information content (AvgIpc) is 2.24. The van der Waals surface area contributed by atoms with E-state index in [4.69, 9.17) is 0 Å². The number of nitro groups is 1. The zero-order valence-corrected chi connectivity index (χ0v) is 11.7. The van der Waals surface area contributed by atoms with E-state index in [-0.39, 0.29) is 10.6 Å². The molecule has 1 aromatic carbocycles. The molecule has 0 heterocycles. The van der Waals surface area contributed by atoms with Gasteiger partial charge in [0.15, 0.2) is 9.84 Å². The highest BCUT2D eigenvalue weighted by atomic mass is 32.2. The normalized spacial score (nSPS) is 15.9. The molecule has 0 aliphatic heterocycles. The molecule has 0 spiro atoms. The molecule has 1 saturated carbocycles. The third-order valence-corrected chi connectivity index (χ3v) is 4.70. The molecule has 19 heavy (non-hydrogen) atoms. The van der Waals surface area contributed by atoms with Crippen molar-refractivity contribution in [3.8, 4) is 0 Å². The van der Waals surface area contributed by atoms with Crippen LogP contribution in [-0.2, 0) is 9.84 Å². The maximum Gasteiger partial charge on any atom is 0.288 e. The summed E-state index contributed by atoms with van der Waals surface area (Å²) in [4.78, 5) is 12.0. The SMILES string of the molecule is CN(c1ccc([N+](=O)[O-])c(S(C)(=O)=O)c1)C1CCC1. The zero-order valence-electron chi connectivity index (χ0n) is 10.9. The van der Waals surface area contributed by atoms with Gasteiger partial charge in [0.05, 0.1) is 4.92 Å². The Labute approximate surface area is 112 Å². The van der Waals surface area contributed by atoms with Gasteiger partial charge in [-0.1, -0.05) is 0 Å². The molecule has 0 aromatic heterocycles. The summed E-state index contributed by atoms with van der Waals surface area (Å²) >= 11 is 0. The van der Waals surface area contributed by atoms with Crippen molar-refractivity contribution in [2.24, 2.45) is 0 Å². The maximum atomic E-state index is 11.7. The van der Waals surface area contributed by atoms with Gasteiger partial charge in [0.25, 0.3) is 5.69 Å². The second-order valence-electron chi connectivity index (χ2n) is 4.88. The lowest BCUT2D eigenvalue weighted by molar-refractivity contribution is -0.387. The molecule has 0 unspecified atom stereocenters. The molecule has 0 amide bonds. The molecular weight excluding hydrogens is 268 g/mol. The standard InChI is InChI=1S/C12H16N2O4S/c1-13(9-4-3-5-9)10-6-7-11(14(15)16)12(8-10)19(2,17)18/h6-9H,3-5H2,1-2H3. The van der Waals surface area contributed by atoms with Gasteiger partial charge in [-0.2, -0.15) is 0 Å². The van der Waals surface area contributed by atoms with E-state index < -0.39 is 14.8 Å². The molecule has 104 valence electrons. The van der Waals surface area contributed by atoms with Gasteiger partial charge >= 0.3 is 0 Å². The van der Waals surface area contributed by atoms with Gasteiger partial charge < -0.3 is 4.90 Å². The van der Waals surface area contributed by atoms with Gasteiger partial charge in [-0.15, -0.1) is 0 Å². The molecule has 1 aliphatic rings. The Bertz CT molecular complexity index is 608. The van der Waals surface area contributed by atoms with Crippen LogP contribution in [0.5, 0.6) is 0 Å². The molecule has 2 rings (SSSR count). The molecule has 0 N–H and O–H groups in total. The van der Waals surface area contributed by atoms with E-state index in [0.29, 0.717) is 11.7 Å². The van der Waals surface area contributed by atoms with E-state index in [1.807, 2.05) is 11.9 Å². The van der Waals surface area contributed by atoms with Crippen LogP contribution in [0.25, 0.3) is 0 Å². The molecular formula is C12H16N2O4S. The van der Waals surface area contributed by atoms with Crippen LogP contribution < -0.4 is 4.90 Å². The minimum absolute atomic E-state index is 0.221. The molecule has 1 aromatic rings. The summed E-state index contributed by atoms with van der Waals surface area (Å²) in [6.45, 7) is 0. The molecule has 0 atom stereocenters. The molecule has 0 bridgehead atoms. The predicted octanol–water partition coefficient (Wildman–Crippen LogP) is 1.99. The smallest absolute Gasteiger partial charge is 0.288 e. The highest BCUT2D eigenvalue weighted by Crippen LogP contribution is 2.32. The third-order valence-electron chi connectivity index (χ3n) is 3.57. The van der Waals surface area contributed by atoms with Gasteiger partial charge in [0.1, 0.15) is 4.90 Å². The number of sulfone groups is 1. The first kappa shape index (κ1) is 13.8. The fourth-order valence-corrected chi connectivity index (χ4v) is 3.01. The highest BCUT2D eigenvalue weighted by Gasteiger charge is 2.26. The Kier molecular flexibility index (Phi) is 3.49. The first-order chi connectivity index (χ1) is 8.80. The Hall–Kier alpha value is -1.63. The maximum absolute atomic E-state index is 11.7. The van der Waals surface area contributed by atoms with Crippen LogP contribution in [0, 0.1) is 10.1 Å².